The van der Waals surface area contributed by atoms with Crippen molar-refractivity contribution >= 4 is 64.1 Å². The molecule has 61 heavy (non-hydrogen) atoms. The third kappa shape index (κ3) is 23.8. The van der Waals surface area contributed by atoms with Crippen LogP contribution < -0.4 is 10.6 Å². The van der Waals surface area contributed by atoms with E-state index in [1.165, 1.54) is 9.13 Å². The van der Waals surface area contributed by atoms with Gasteiger partial charge in [-0.25, -0.2) is 0 Å². The number of hydrogen-bond donors (Lipinski definition) is 6. The molecule has 0 spiro atoms. The molecule has 0 bridgehead atoms. The van der Waals surface area contributed by atoms with Crippen LogP contribution in [0.15, 0.2) is 24.3 Å². The quantitative estimate of drug-likeness (QED) is 0.0505. The van der Waals surface area contributed by atoms with Crippen molar-refractivity contribution in [3.8, 4) is 0 Å². The van der Waals surface area contributed by atoms with E-state index in [0.717, 1.165) is 12.8 Å². The summed E-state index contributed by atoms with van der Waals surface area (Å²) in [5.41, 5.74) is 1.20. The van der Waals surface area contributed by atoms with Gasteiger partial charge in [-0.2, -0.15) is 0 Å². The lowest BCUT2D eigenvalue weighted by Crippen LogP contribution is -2.53. The van der Waals surface area contributed by atoms with E-state index in [2.05, 4.69) is 45.4 Å². The molecule has 0 saturated carbocycles. The minimum absolute atomic E-state index is 0.0332. The molecule has 0 radical (unpaired) electrons. The van der Waals surface area contributed by atoms with Crippen molar-refractivity contribution in [2.75, 3.05) is 105 Å². The SMILES string of the molecule is CC(C)C(=O)CCC(C(=O)O)N1CCN(CC(=O)O)CCN(C(CCC(=O)NCCOCCOCCNC(=O)CCCc2ccc(I)cc2)C(=O)O)CCN(CC(=O)O)CC1. The molecular formula is C41H65IN6O13. The van der Waals surface area contributed by atoms with Crippen LogP contribution in [0.25, 0.3) is 0 Å². The van der Waals surface area contributed by atoms with Gasteiger partial charge in [-0.3, -0.25) is 53.2 Å². The van der Waals surface area contributed by atoms with E-state index in [9.17, 15) is 54.0 Å². The maximum Gasteiger partial charge on any atom is 0.320 e. The highest BCUT2D eigenvalue weighted by atomic mass is 127. The molecule has 1 aromatic rings. The van der Waals surface area contributed by atoms with Gasteiger partial charge in [0.1, 0.15) is 17.9 Å². The summed E-state index contributed by atoms with van der Waals surface area (Å²) < 4.78 is 12.2. The number of benzene rings is 1. The van der Waals surface area contributed by atoms with Crippen LogP contribution in [-0.2, 0) is 49.5 Å². The van der Waals surface area contributed by atoms with Gasteiger partial charge >= 0.3 is 23.9 Å². The standard InChI is InChI=1S/C41H65IN6O13/c1-30(2)35(49)12-10-33(40(56)57)47-20-16-45(28-38(52)53)18-22-48(23-19-46(17-21-47)29-39(54)55)34(41(58)59)11-13-37(51)44-15-25-61-27-26-60-24-14-43-36(50)5-3-4-31-6-8-32(42)9-7-31/h6-9,30,33-34H,3-5,10-29H2,1-2H3,(H,43,50)(H,44,51)(H,52,53)(H,54,55)(H,56,57)(H,58,59). The Balaban J connectivity index is 1.85. The second kappa shape index (κ2) is 30.3. The number of ether oxygens (including phenoxy) is 2. The third-order valence-corrected chi connectivity index (χ3v) is 10.9. The van der Waals surface area contributed by atoms with Gasteiger partial charge in [0, 0.05) is 94.2 Å². The highest BCUT2D eigenvalue weighted by molar-refractivity contribution is 14.1. The maximum atomic E-state index is 12.7. The Labute approximate surface area is 371 Å². The van der Waals surface area contributed by atoms with Crippen LogP contribution in [0, 0.1) is 9.49 Å². The van der Waals surface area contributed by atoms with E-state index < -0.39 is 55.0 Å². The Morgan fingerprint density at radius 1 is 0.623 bits per heavy atom. The number of carboxylic acid groups (broad SMARTS) is 4. The number of carbonyl (C=O) groups excluding carboxylic acids is 3. The molecule has 19 nitrogen and oxygen atoms in total. The first kappa shape index (κ1) is 53.3. The van der Waals surface area contributed by atoms with Gasteiger partial charge in [-0.1, -0.05) is 26.0 Å². The molecule has 1 saturated heterocycles. The molecule has 1 heterocycles. The molecule has 20 heteroatoms. The summed E-state index contributed by atoms with van der Waals surface area (Å²) in [6, 6.07) is 6.01. The molecular weight excluding hydrogens is 911 g/mol. The Kier molecular flexibility index (Phi) is 26.5. The smallest absolute Gasteiger partial charge is 0.320 e. The first-order valence-corrected chi connectivity index (χ1v) is 21.9. The number of hydrogen-bond acceptors (Lipinski definition) is 13. The number of aliphatic carboxylic acids is 4. The lowest BCUT2D eigenvalue weighted by atomic mass is 10.0. The van der Waals surface area contributed by atoms with Crippen LogP contribution in [0.3, 0.4) is 0 Å². The second-order valence-corrected chi connectivity index (χ2v) is 16.5. The van der Waals surface area contributed by atoms with Crippen LogP contribution >= 0.6 is 22.6 Å². The number of halogens is 1. The van der Waals surface area contributed by atoms with Crippen LogP contribution in [0.1, 0.15) is 57.9 Å². The first-order valence-electron chi connectivity index (χ1n) is 20.8. The van der Waals surface area contributed by atoms with Crippen LogP contribution in [0.4, 0.5) is 0 Å². The van der Waals surface area contributed by atoms with Crippen molar-refractivity contribution < 1.29 is 63.5 Å². The first-order chi connectivity index (χ1) is 29.0. The molecule has 1 aromatic carbocycles. The molecule has 1 fully saturated rings. The second-order valence-electron chi connectivity index (χ2n) is 15.2. The summed E-state index contributed by atoms with van der Waals surface area (Å²) in [4.78, 5) is 92.1. The van der Waals surface area contributed by atoms with Gasteiger partial charge in [-0.15, -0.1) is 0 Å². The van der Waals surface area contributed by atoms with E-state index in [0.29, 0.717) is 26.2 Å². The fourth-order valence-electron chi connectivity index (χ4n) is 6.74. The summed E-state index contributed by atoms with van der Waals surface area (Å²) in [7, 11) is 0. The molecule has 2 amide bonds. The predicted molar refractivity (Wildman–Crippen MR) is 232 cm³/mol. The van der Waals surface area contributed by atoms with Gasteiger partial charge in [0.05, 0.1) is 39.5 Å². The van der Waals surface area contributed by atoms with Crippen molar-refractivity contribution in [1.82, 2.24) is 30.2 Å². The lowest BCUT2D eigenvalue weighted by Gasteiger charge is -2.37. The highest BCUT2D eigenvalue weighted by Gasteiger charge is 2.31. The average molecular weight is 977 g/mol. The normalized spacial score (nSPS) is 16.2. The number of rotatable bonds is 28. The monoisotopic (exact) mass is 976 g/mol. The summed E-state index contributed by atoms with van der Waals surface area (Å²) >= 11 is 2.25. The van der Waals surface area contributed by atoms with Crippen LogP contribution in [-0.4, -0.2) is 199 Å². The fourth-order valence-corrected chi connectivity index (χ4v) is 7.10. The molecule has 2 unspecified atom stereocenters. The predicted octanol–water partition coefficient (Wildman–Crippen LogP) is 0.962. The summed E-state index contributed by atoms with van der Waals surface area (Å²) in [5.74, 6) is -5.38. The van der Waals surface area contributed by atoms with Crippen LogP contribution in [0.2, 0.25) is 0 Å². The molecule has 2 atom stereocenters. The fraction of sp³-hybridized carbons (Fsp3) is 0.683. The number of carboxylic acids is 4. The van der Waals surface area contributed by atoms with Crippen molar-refractivity contribution in [1.29, 1.82) is 0 Å². The Hall–Kier alpha value is -3.80. The molecule has 0 aromatic heterocycles. The Morgan fingerprint density at radius 2 is 1.05 bits per heavy atom. The van der Waals surface area contributed by atoms with Gasteiger partial charge in [-0.05, 0) is 66.0 Å². The molecule has 2 rings (SSSR count). The Bertz CT molecular complexity index is 1500. The van der Waals surface area contributed by atoms with Gasteiger partial charge in [0.2, 0.25) is 11.8 Å². The Morgan fingerprint density at radius 3 is 1.46 bits per heavy atom. The molecule has 1 aliphatic heterocycles. The highest BCUT2D eigenvalue weighted by Crippen LogP contribution is 2.15. The number of Topliss-reactive ketones (excluding diaryl/α,β-unsaturated/α-hetero) is 1. The zero-order valence-electron chi connectivity index (χ0n) is 35.4. The van der Waals surface area contributed by atoms with Gasteiger partial charge in [0.25, 0.3) is 0 Å². The van der Waals surface area contributed by atoms with Crippen molar-refractivity contribution in [3.05, 3.63) is 33.4 Å². The topological polar surface area (TPSA) is 256 Å². The maximum absolute atomic E-state index is 12.7. The molecule has 1 aliphatic rings. The summed E-state index contributed by atoms with van der Waals surface area (Å²) in [6.07, 6.45) is 1.90. The van der Waals surface area contributed by atoms with E-state index in [4.69, 9.17) is 9.47 Å². The number of aryl methyl sites for hydroxylation is 1. The number of amides is 2. The third-order valence-electron chi connectivity index (χ3n) is 10.2. The molecule has 344 valence electrons. The van der Waals surface area contributed by atoms with Crippen molar-refractivity contribution in [3.63, 3.8) is 0 Å². The largest absolute Gasteiger partial charge is 0.480 e. The van der Waals surface area contributed by atoms with E-state index in [1.54, 1.807) is 33.4 Å². The van der Waals surface area contributed by atoms with Gasteiger partial charge in [0.15, 0.2) is 0 Å². The van der Waals surface area contributed by atoms with Crippen LogP contribution in [0.5, 0.6) is 0 Å². The summed E-state index contributed by atoms with van der Waals surface area (Å²) in [5, 5.41) is 45.2. The number of nitrogens with zero attached hydrogens (tertiary/aromatic N) is 4. The molecule has 6 N–H and O–H groups in total. The lowest BCUT2D eigenvalue weighted by molar-refractivity contribution is -0.145. The van der Waals surface area contributed by atoms with E-state index >= 15 is 0 Å². The number of carbonyl (C=O) groups is 7. The average Bonchev–Trinajstić information content (AvgIpc) is 3.18. The molecule has 0 aliphatic carbocycles. The van der Waals surface area contributed by atoms with Gasteiger partial charge < -0.3 is 40.5 Å². The summed E-state index contributed by atoms with van der Waals surface area (Å²) in [6.45, 7) is 5.13. The zero-order chi connectivity index (χ0) is 45.2. The minimum Gasteiger partial charge on any atom is -0.480 e. The van der Waals surface area contributed by atoms with E-state index in [1.807, 2.05) is 12.1 Å². The number of ketones is 1. The number of nitrogens with one attached hydrogen (secondary N) is 2. The van der Waals surface area contributed by atoms with Crippen molar-refractivity contribution in [2.24, 2.45) is 5.92 Å². The minimum atomic E-state index is -1.19. The van der Waals surface area contributed by atoms with Crippen molar-refractivity contribution in [2.45, 2.75) is 70.9 Å². The zero-order valence-corrected chi connectivity index (χ0v) is 37.6. The van der Waals surface area contributed by atoms with E-state index in [-0.39, 0.29) is 115 Å².